The largest absolute Gasteiger partial charge is 0.320 e. The number of nitrogens with two attached hydrogens (primary N) is 1. The summed E-state index contributed by atoms with van der Waals surface area (Å²) in [5.74, 6) is -0.456. The van der Waals surface area contributed by atoms with Crippen LogP contribution in [0.3, 0.4) is 0 Å². The van der Waals surface area contributed by atoms with Gasteiger partial charge in [-0.1, -0.05) is 23.7 Å². The summed E-state index contributed by atoms with van der Waals surface area (Å²) in [5.41, 5.74) is 6.51. The third kappa shape index (κ3) is 2.65. The Labute approximate surface area is 104 Å². The predicted molar refractivity (Wildman–Crippen MR) is 64.2 cm³/mol. The summed E-state index contributed by atoms with van der Waals surface area (Å²) in [4.78, 5) is 24.6. The van der Waals surface area contributed by atoms with Crippen molar-refractivity contribution < 1.29 is 9.59 Å². The van der Waals surface area contributed by atoms with Crippen molar-refractivity contribution in [3.05, 3.63) is 34.9 Å². The first-order valence-electron chi connectivity index (χ1n) is 5.42. The molecule has 0 saturated carbocycles. The van der Waals surface area contributed by atoms with Gasteiger partial charge in [-0.25, -0.2) is 0 Å². The summed E-state index contributed by atoms with van der Waals surface area (Å²) in [6, 6.07) is 6.50. The third-order valence-electron chi connectivity index (χ3n) is 2.81. The fraction of sp³-hybridized carbons (Fsp3) is 0.333. The van der Waals surface area contributed by atoms with Gasteiger partial charge >= 0.3 is 0 Å². The molecule has 0 spiro atoms. The lowest BCUT2D eigenvalue weighted by Crippen LogP contribution is -2.50. The van der Waals surface area contributed by atoms with Crippen LogP contribution in [0.25, 0.3) is 0 Å². The quantitative estimate of drug-likeness (QED) is 0.808. The zero-order chi connectivity index (χ0) is 12.4. The third-order valence-corrected chi connectivity index (χ3v) is 3.06. The highest BCUT2D eigenvalue weighted by Gasteiger charge is 2.31. The van der Waals surface area contributed by atoms with Crippen molar-refractivity contribution in [2.24, 2.45) is 5.73 Å². The minimum absolute atomic E-state index is 0.161. The average Bonchev–Trinajstić information content (AvgIpc) is 2.32. The molecule has 1 unspecified atom stereocenters. The van der Waals surface area contributed by atoms with Crippen LogP contribution in [0.4, 0.5) is 0 Å². The van der Waals surface area contributed by atoms with E-state index in [4.69, 9.17) is 17.3 Å². The molecule has 0 bridgehead atoms. The lowest BCUT2D eigenvalue weighted by Gasteiger charge is -2.28. The van der Waals surface area contributed by atoms with Crippen LogP contribution >= 0.6 is 11.6 Å². The van der Waals surface area contributed by atoms with Crippen molar-refractivity contribution in [2.45, 2.75) is 25.4 Å². The van der Waals surface area contributed by atoms with E-state index in [0.717, 1.165) is 5.56 Å². The number of rotatable bonds is 2. The number of hydrogen-bond donors (Lipinski definition) is 1. The number of halogens is 1. The second-order valence-electron chi connectivity index (χ2n) is 4.09. The molecule has 2 N–H and O–H groups in total. The van der Waals surface area contributed by atoms with Crippen molar-refractivity contribution in [2.75, 3.05) is 0 Å². The summed E-state index contributed by atoms with van der Waals surface area (Å²) < 4.78 is 0. The van der Waals surface area contributed by atoms with E-state index in [1.165, 1.54) is 4.90 Å². The van der Waals surface area contributed by atoms with E-state index < -0.39 is 6.04 Å². The molecule has 1 aromatic rings. The predicted octanol–water partition coefficient (Wildman–Crippen LogP) is 1.32. The van der Waals surface area contributed by atoms with E-state index in [9.17, 15) is 9.59 Å². The van der Waals surface area contributed by atoms with Crippen LogP contribution in [0.5, 0.6) is 0 Å². The number of benzene rings is 1. The molecule has 5 heteroatoms. The minimum atomic E-state index is -0.556. The summed E-state index contributed by atoms with van der Waals surface area (Å²) in [5, 5.41) is 0.627. The number of amides is 2. The molecule has 1 heterocycles. The van der Waals surface area contributed by atoms with Crippen molar-refractivity contribution in [3.63, 3.8) is 0 Å². The lowest BCUT2D eigenvalue weighted by molar-refractivity contribution is -0.149. The van der Waals surface area contributed by atoms with Gasteiger partial charge in [-0.05, 0) is 24.1 Å². The molecule has 1 fully saturated rings. The first kappa shape index (κ1) is 12.1. The van der Waals surface area contributed by atoms with Crippen LogP contribution in [0.1, 0.15) is 18.4 Å². The van der Waals surface area contributed by atoms with Gasteiger partial charge in [0.1, 0.15) is 0 Å². The van der Waals surface area contributed by atoms with E-state index in [1.54, 1.807) is 24.3 Å². The molecule has 17 heavy (non-hydrogen) atoms. The van der Waals surface area contributed by atoms with Crippen LogP contribution in [-0.4, -0.2) is 22.8 Å². The Morgan fingerprint density at radius 3 is 2.59 bits per heavy atom. The standard InChI is InChI=1S/C12H13ClN2O2/c13-9-3-1-8(2-4-9)7-15-11(16)6-5-10(14)12(15)17/h1-4,10H,5-7,14H2. The minimum Gasteiger partial charge on any atom is -0.320 e. The van der Waals surface area contributed by atoms with Crippen LogP contribution in [-0.2, 0) is 16.1 Å². The van der Waals surface area contributed by atoms with Gasteiger partial charge in [-0.3, -0.25) is 14.5 Å². The maximum absolute atomic E-state index is 11.8. The second kappa shape index (κ2) is 4.85. The maximum atomic E-state index is 11.8. The molecule has 2 amide bonds. The fourth-order valence-electron chi connectivity index (χ4n) is 1.80. The zero-order valence-corrected chi connectivity index (χ0v) is 9.98. The molecule has 0 radical (unpaired) electrons. The smallest absolute Gasteiger partial charge is 0.246 e. The number of imide groups is 1. The second-order valence-corrected chi connectivity index (χ2v) is 4.53. The molecule has 1 aliphatic rings. The highest BCUT2D eigenvalue weighted by molar-refractivity contribution is 6.30. The number of likely N-dealkylation sites (tertiary alicyclic amines) is 1. The van der Waals surface area contributed by atoms with E-state index in [2.05, 4.69) is 0 Å². The number of carbonyl (C=O) groups excluding carboxylic acids is 2. The van der Waals surface area contributed by atoms with Gasteiger partial charge in [0.05, 0.1) is 12.6 Å². The summed E-state index contributed by atoms with van der Waals surface area (Å²) in [7, 11) is 0. The highest BCUT2D eigenvalue weighted by Crippen LogP contribution is 2.16. The molecular weight excluding hydrogens is 240 g/mol. The van der Waals surface area contributed by atoms with Crippen molar-refractivity contribution in [1.82, 2.24) is 4.90 Å². The van der Waals surface area contributed by atoms with Gasteiger partial charge in [0.15, 0.2) is 0 Å². The van der Waals surface area contributed by atoms with Gasteiger partial charge in [0.25, 0.3) is 0 Å². The van der Waals surface area contributed by atoms with E-state index in [0.29, 0.717) is 17.9 Å². The van der Waals surface area contributed by atoms with Crippen LogP contribution in [0.15, 0.2) is 24.3 Å². The van der Waals surface area contributed by atoms with Crippen molar-refractivity contribution in [1.29, 1.82) is 0 Å². The van der Waals surface area contributed by atoms with Crippen molar-refractivity contribution in [3.8, 4) is 0 Å². The summed E-state index contributed by atoms with van der Waals surface area (Å²) >= 11 is 5.77. The Morgan fingerprint density at radius 2 is 1.94 bits per heavy atom. The molecule has 90 valence electrons. The Bertz CT molecular complexity index is 444. The molecule has 0 aliphatic carbocycles. The molecule has 0 aromatic heterocycles. The SMILES string of the molecule is NC1CCC(=O)N(Cc2ccc(Cl)cc2)C1=O. The lowest BCUT2D eigenvalue weighted by atomic mass is 10.0. The van der Waals surface area contributed by atoms with Gasteiger partial charge in [0, 0.05) is 11.4 Å². The van der Waals surface area contributed by atoms with E-state index in [1.807, 2.05) is 0 Å². The van der Waals surface area contributed by atoms with Gasteiger partial charge in [-0.15, -0.1) is 0 Å². The summed E-state index contributed by atoms with van der Waals surface area (Å²) in [6.45, 7) is 0.266. The molecule has 1 saturated heterocycles. The van der Waals surface area contributed by atoms with Crippen molar-refractivity contribution >= 4 is 23.4 Å². The fourth-order valence-corrected chi connectivity index (χ4v) is 1.92. The van der Waals surface area contributed by atoms with E-state index >= 15 is 0 Å². The molecule has 4 nitrogen and oxygen atoms in total. The molecular formula is C12H13ClN2O2. The topological polar surface area (TPSA) is 63.4 Å². The van der Waals surface area contributed by atoms with Gasteiger partial charge in [-0.2, -0.15) is 0 Å². The van der Waals surface area contributed by atoms with Crippen LogP contribution in [0, 0.1) is 0 Å². The molecule has 1 aromatic carbocycles. The molecule has 2 rings (SSSR count). The highest BCUT2D eigenvalue weighted by atomic mass is 35.5. The number of piperidine rings is 1. The maximum Gasteiger partial charge on any atom is 0.246 e. The first-order valence-corrected chi connectivity index (χ1v) is 5.80. The number of hydrogen-bond acceptors (Lipinski definition) is 3. The number of nitrogens with zero attached hydrogens (tertiary/aromatic N) is 1. The normalized spacial score (nSPS) is 20.8. The Morgan fingerprint density at radius 1 is 1.29 bits per heavy atom. The van der Waals surface area contributed by atoms with E-state index in [-0.39, 0.29) is 18.4 Å². The number of carbonyl (C=O) groups is 2. The first-order chi connectivity index (χ1) is 8.08. The Hall–Kier alpha value is -1.39. The molecule has 1 aliphatic heterocycles. The van der Waals surface area contributed by atoms with Gasteiger partial charge in [0.2, 0.25) is 11.8 Å². The summed E-state index contributed by atoms with van der Waals surface area (Å²) in [6.07, 6.45) is 0.773. The Balaban J connectivity index is 2.13. The van der Waals surface area contributed by atoms with Gasteiger partial charge < -0.3 is 5.73 Å². The Kier molecular flexibility index (Phi) is 3.45. The van der Waals surface area contributed by atoms with Crippen LogP contribution < -0.4 is 5.73 Å². The zero-order valence-electron chi connectivity index (χ0n) is 9.23. The average molecular weight is 253 g/mol. The molecule has 1 atom stereocenters. The monoisotopic (exact) mass is 252 g/mol. The van der Waals surface area contributed by atoms with Crippen LogP contribution in [0.2, 0.25) is 5.02 Å².